The number of H-pyrrole nitrogens is 1. The molecule has 4 aromatic rings. The maximum Gasteiger partial charge on any atom is 0.259 e. The highest BCUT2D eigenvalue weighted by molar-refractivity contribution is 5.94. The molecule has 0 bridgehead atoms. The summed E-state index contributed by atoms with van der Waals surface area (Å²) < 4.78 is 0. The zero-order chi connectivity index (χ0) is 25.4. The van der Waals surface area contributed by atoms with Crippen molar-refractivity contribution in [3.8, 4) is 0 Å². The predicted octanol–water partition coefficient (Wildman–Crippen LogP) is 4.95. The first-order valence-corrected chi connectivity index (χ1v) is 13.0. The lowest BCUT2D eigenvalue weighted by Gasteiger charge is -2.33. The van der Waals surface area contributed by atoms with E-state index in [4.69, 9.17) is 4.98 Å². The van der Waals surface area contributed by atoms with E-state index in [0.29, 0.717) is 28.8 Å². The lowest BCUT2D eigenvalue weighted by Crippen LogP contribution is -2.34. The topological polar surface area (TPSA) is 106 Å². The summed E-state index contributed by atoms with van der Waals surface area (Å²) in [5, 5.41) is 17.3. The number of benzene rings is 1. The Kier molecular flexibility index (Phi) is 6.36. The van der Waals surface area contributed by atoms with E-state index in [9.17, 15) is 9.90 Å². The summed E-state index contributed by atoms with van der Waals surface area (Å²) in [6.07, 6.45) is 8.45. The molecule has 1 aliphatic carbocycles. The number of rotatable bonds is 7. The third-order valence-corrected chi connectivity index (χ3v) is 7.58. The average molecular weight is 497 g/mol. The molecule has 2 aliphatic rings. The Labute approximate surface area is 215 Å². The van der Waals surface area contributed by atoms with Gasteiger partial charge in [0.25, 0.3) is 5.56 Å². The second-order valence-corrected chi connectivity index (χ2v) is 10.2. The molecule has 3 aromatic heterocycles. The summed E-state index contributed by atoms with van der Waals surface area (Å²) >= 11 is 0. The molecule has 1 saturated heterocycles. The molecule has 0 unspecified atom stereocenters. The van der Waals surface area contributed by atoms with Crippen LogP contribution in [-0.2, 0) is 6.61 Å². The summed E-state index contributed by atoms with van der Waals surface area (Å²) in [4.78, 5) is 27.2. The zero-order valence-electron chi connectivity index (χ0n) is 21.0. The van der Waals surface area contributed by atoms with E-state index < -0.39 is 0 Å². The highest BCUT2D eigenvalue weighted by atomic mass is 16.3. The summed E-state index contributed by atoms with van der Waals surface area (Å²) in [5.41, 5.74) is 4.12. The first-order valence-electron chi connectivity index (χ1n) is 13.0. The number of anilines is 4. The number of aliphatic hydroxyl groups excluding tert-OH is 1. The number of nitrogens with one attached hydrogen (secondary N) is 3. The fourth-order valence-electron chi connectivity index (χ4n) is 5.50. The Morgan fingerprint density at radius 2 is 1.86 bits per heavy atom. The van der Waals surface area contributed by atoms with E-state index >= 15 is 0 Å². The number of aromatic nitrogens is 3. The largest absolute Gasteiger partial charge is 0.392 e. The van der Waals surface area contributed by atoms with Crippen LogP contribution in [0.5, 0.6) is 0 Å². The molecule has 0 amide bonds. The lowest BCUT2D eigenvalue weighted by atomic mass is 9.86. The van der Waals surface area contributed by atoms with Crippen LogP contribution in [0.15, 0.2) is 59.7 Å². The van der Waals surface area contributed by atoms with Gasteiger partial charge in [-0.15, -0.1) is 0 Å². The van der Waals surface area contributed by atoms with E-state index in [0.717, 1.165) is 22.7 Å². The van der Waals surface area contributed by atoms with Crippen LogP contribution in [0.2, 0.25) is 0 Å². The van der Waals surface area contributed by atoms with Crippen LogP contribution in [0.3, 0.4) is 0 Å². The van der Waals surface area contributed by atoms with Gasteiger partial charge in [-0.1, -0.05) is 6.07 Å². The van der Waals surface area contributed by atoms with Crippen LogP contribution in [0.1, 0.15) is 48.3 Å². The van der Waals surface area contributed by atoms with Gasteiger partial charge in [-0.25, -0.2) is 9.97 Å². The minimum atomic E-state index is -0.199. The van der Waals surface area contributed by atoms with Crippen molar-refractivity contribution in [1.82, 2.24) is 19.9 Å². The average Bonchev–Trinajstić information content (AvgIpc) is 3.75. The molecule has 6 rings (SSSR count). The van der Waals surface area contributed by atoms with Gasteiger partial charge >= 0.3 is 0 Å². The third-order valence-electron chi connectivity index (χ3n) is 7.58. The Balaban J connectivity index is 1.27. The number of piperidine rings is 1. The van der Waals surface area contributed by atoms with Crippen LogP contribution in [-0.4, -0.2) is 44.1 Å². The van der Waals surface area contributed by atoms with Gasteiger partial charge in [0.15, 0.2) is 0 Å². The molecule has 37 heavy (non-hydrogen) atoms. The van der Waals surface area contributed by atoms with Crippen molar-refractivity contribution in [3.05, 3.63) is 81.9 Å². The zero-order valence-corrected chi connectivity index (χ0v) is 21.0. The molecule has 1 saturated carbocycles. The van der Waals surface area contributed by atoms with Gasteiger partial charge < -0.3 is 25.6 Å². The molecule has 2 fully saturated rings. The van der Waals surface area contributed by atoms with Gasteiger partial charge in [-0.3, -0.25) is 4.79 Å². The second-order valence-electron chi connectivity index (χ2n) is 10.2. The van der Waals surface area contributed by atoms with Crippen molar-refractivity contribution in [2.24, 2.45) is 0 Å². The molecule has 1 aromatic carbocycles. The summed E-state index contributed by atoms with van der Waals surface area (Å²) in [5.74, 6) is 2.20. The van der Waals surface area contributed by atoms with Crippen LogP contribution in [0, 0.1) is 6.92 Å². The minimum Gasteiger partial charge on any atom is -0.392 e. The lowest BCUT2D eigenvalue weighted by molar-refractivity contribution is 0.203. The fourth-order valence-corrected chi connectivity index (χ4v) is 5.50. The van der Waals surface area contributed by atoms with Gasteiger partial charge in [0.2, 0.25) is 0 Å². The van der Waals surface area contributed by atoms with Crippen molar-refractivity contribution < 1.29 is 5.11 Å². The predicted molar refractivity (Wildman–Crippen MR) is 147 cm³/mol. The van der Waals surface area contributed by atoms with Gasteiger partial charge in [0.1, 0.15) is 17.5 Å². The summed E-state index contributed by atoms with van der Waals surface area (Å²) in [7, 11) is 0. The van der Waals surface area contributed by atoms with Crippen molar-refractivity contribution in [1.29, 1.82) is 0 Å². The molecular weight excluding hydrogens is 464 g/mol. The number of fused-ring (bicyclic) bond motifs is 1. The normalized spacial score (nSPS) is 16.7. The molecule has 1 aliphatic heterocycles. The van der Waals surface area contributed by atoms with Crippen LogP contribution in [0.25, 0.3) is 10.8 Å². The third kappa shape index (κ3) is 5.08. The molecule has 190 valence electrons. The van der Waals surface area contributed by atoms with Crippen LogP contribution in [0.4, 0.5) is 23.1 Å². The first kappa shape index (κ1) is 23.6. The monoisotopic (exact) mass is 496 g/mol. The van der Waals surface area contributed by atoms with Gasteiger partial charge in [-0.2, -0.15) is 0 Å². The quantitative estimate of drug-likeness (QED) is 0.287. The second kappa shape index (κ2) is 9.95. The number of aromatic amines is 1. The van der Waals surface area contributed by atoms with E-state index in [1.165, 1.54) is 49.9 Å². The number of likely N-dealkylation sites (tertiary alicyclic amines) is 1. The molecule has 0 atom stereocenters. The fraction of sp³-hybridized carbons (Fsp3) is 0.345. The molecule has 8 nitrogen and oxygen atoms in total. The summed E-state index contributed by atoms with van der Waals surface area (Å²) in [6, 6.07) is 14.5. The Hall–Kier alpha value is -3.75. The van der Waals surface area contributed by atoms with E-state index in [2.05, 4.69) is 50.6 Å². The first-order chi connectivity index (χ1) is 18.1. The molecule has 0 radical (unpaired) electrons. The minimum absolute atomic E-state index is 0.0699. The number of hydrogen-bond donors (Lipinski definition) is 4. The maximum absolute atomic E-state index is 12.7. The van der Waals surface area contributed by atoms with Crippen molar-refractivity contribution in [3.63, 3.8) is 0 Å². The molecule has 0 spiro atoms. The number of pyridine rings is 3. The van der Waals surface area contributed by atoms with Crippen molar-refractivity contribution in [2.75, 3.05) is 23.7 Å². The Morgan fingerprint density at radius 3 is 2.62 bits per heavy atom. The van der Waals surface area contributed by atoms with Gasteiger partial charge in [0, 0.05) is 24.1 Å². The standard InChI is InChI=1S/C29H32N6O2/c1-18-14-22(2-5-24(18)20-8-12-35(13-9-20)23-3-4-23)32-28-27-21(7-11-31-29(27)37)16-26(34-28)33-25-15-19(17-36)6-10-30-25/h2,5-7,10-11,14-16,20,23,36H,3-4,8-9,12-13,17H2,1H3,(H,31,37)(H2,30,32,33,34). The maximum atomic E-state index is 12.7. The van der Waals surface area contributed by atoms with E-state index in [1.54, 1.807) is 24.5 Å². The molecular formula is C29H32N6O2. The van der Waals surface area contributed by atoms with Crippen LogP contribution >= 0.6 is 0 Å². The highest BCUT2D eigenvalue weighted by Crippen LogP contribution is 2.36. The van der Waals surface area contributed by atoms with Crippen molar-refractivity contribution in [2.45, 2.75) is 51.2 Å². The van der Waals surface area contributed by atoms with Crippen molar-refractivity contribution >= 4 is 33.9 Å². The molecule has 8 heteroatoms. The summed E-state index contributed by atoms with van der Waals surface area (Å²) in [6.45, 7) is 4.50. The van der Waals surface area contributed by atoms with E-state index in [1.807, 2.05) is 12.1 Å². The molecule has 4 heterocycles. The number of hydrogen-bond acceptors (Lipinski definition) is 7. The Bertz CT molecular complexity index is 1490. The number of nitrogens with zero attached hydrogens (tertiary/aromatic N) is 3. The van der Waals surface area contributed by atoms with Gasteiger partial charge in [0.05, 0.1) is 12.0 Å². The van der Waals surface area contributed by atoms with E-state index in [-0.39, 0.29) is 12.2 Å². The number of aliphatic hydroxyl groups is 1. The highest BCUT2D eigenvalue weighted by Gasteiger charge is 2.32. The molecule has 4 N–H and O–H groups in total. The van der Waals surface area contributed by atoms with Crippen LogP contribution < -0.4 is 16.2 Å². The SMILES string of the molecule is Cc1cc(Nc2nc(Nc3cc(CO)ccn3)cc3cc[nH]c(=O)c23)ccc1C1CCN(C2CC2)CC1. The smallest absolute Gasteiger partial charge is 0.259 e. The number of aryl methyl sites for hydroxylation is 1. The van der Waals surface area contributed by atoms with Gasteiger partial charge in [-0.05, 0) is 110 Å². The Morgan fingerprint density at radius 1 is 1.03 bits per heavy atom.